The van der Waals surface area contributed by atoms with E-state index < -0.39 is 17.1 Å². The average molecular weight is 491 g/mol. The zero-order chi connectivity index (χ0) is 24.8. The summed E-state index contributed by atoms with van der Waals surface area (Å²) < 4.78 is 11.9. The van der Waals surface area contributed by atoms with Gasteiger partial charge in [-0.25, -0.2) is 0 Å². The first-order valence-electron chi connectivity index (χ1n) is 13.3. The van der Waals surface area contributed by atoms with Crippen molar-refractivity contribution in [1.29, 1.82) is 0 Å². The molecule has 5 aliphatic rings. The van der Waals surface area contributed by atoms with Crippen molar-refractivity contribution >= 4 is 12.0 Å². The molecule has 2 N–H and O–H groups in total. The van der Waals surface area contributed by atoms with Gasteiger partial charge in [-0.3, -0.25) is 9.69 Å². The molecular weight excluding hydrogens is 456 g/mol. The van der Waals surface area contributed by atoms with Gasteiger partial charge in [0.15, 0.2) is 11.5 Å². The smallest absolute Gasteiger partial charge is 0.246 e. The number of nitrogens with zero attached hydrogens (tertiary/aromatic N) is 2. The third kappa shape index (κ3) is 2.90. The van der Waals surface area contributed by atoms with Crippen LogP contribution in [-0.4, -0.2) is 69.8 Å². The molecule has 3 heterocycles. The van der Waals surface area contributed by atoms with Crippen molar-refractivity contribution in [3.63, 3.8) is 0 Å². The van der Waals surface area contributed by atoms with Gasteiger partial charge in [0.1, 0.15) is 11.9 Å². The van der Waals surface area contributed by atoms with Crippen molar-refractivity contribution in [3.8, 4) is 11.5 Å². The Bertz CT molecular complexity index is 1260. The molecule has 0 unspecified atom stereocenters. The van der Waals surface area contributed by atoms with Crippen LogP contribution in [0.2, 0.25) is 0 Å². The molecule has 1 aromatic carbocycles. The number of hydrogen-bond donors (Lipinski definition) is 2. The molecule has 7 rings (SSSR count). The molecule has 2 aliphatic heterocycles. The molecule has 190 valence electrons. The molecule has 2 aromatic rings. The fourth-order valence-corrected chi connectivity index (χ4v) is 7.86. The van der Waals surface area contributed by atoms with Crippen LogP contribution in [0, 0.1) is 12.8 Å². The molecule has 2 saturated carbocycles. The number of carbonyl (C=O) groups is 1. The third-order valence-corrected chi connectivity index (χ3v) is 9.88. The zero-order valence-electron chi connectivity index (χ0n) is 20.9. The molecular formula is C29H34N2O5. The van der Waals surface area contributed by atoms with Crippen molar-refractivity contribution in [3.05, 3.63) is 53.0 Å². The number of phenols is 1. The summed E-state index contributed by atoms with van der Waals surface area (Å²) in [6.45, 7) is 3.83. The summed E-state index contributed by atoms with van der Waals surface area (Å²) >= 11 is 0. The molecule has 1 saturated heterocycles. The van der Waals surface area contributed by atoms with Gasteiger partial charge >= 0.3 is 0 Å². The predicted octanol–water partition coefficient (Wildman–Crippen LogP) is 3.40. The first-order chi connectivity index (χ1) is 17.3. The first kappa shape index (κ1) is 22.4. The topological polar surface area (TPSA) is 86.4 Å². The molecule has 3 aliphatic carbocycles. The Kier molecular flexibility index (Phi) is 4.75. The van der Waals surface area contributed by atoms with Crippen LogP contribution in [-0.2, 0) is 16.6 Å². The van der Waals surface area contributed by atoms with Crippen LogP contribution >= 0.6 is 0 Å². The van der Waals surface area contributed by atoms with Gasteiger partial charge in [0, 0.05) is 36.8 Å². The molecule has 7 heteroatoms. The van der Waals surface area contributed by atoms with Crippen LogP contribution in [0.3, 0.4) is 0 Å². The third-order valence-electron chi connectivity index (χ3n) is 9.88. The van der Waals surface area contributed by atoms with Gasteiger partial charge in [0.2, 0.25) is 5.91 Å². The summed E-state index contributed by atoms with van der Waals surface area (Å²) in [5, 5.41) is 23.4. The Labute approximate surface area is 211 Å². The monoisotopic (exact) mass is 490 g/mol. The maximum Gasteiger partial charge on any atom is 0.246 e. The van der Waals surface area contributed by atoms with E-state index >= 15 is 0 Å². The minimum absolute atomic E-state index is 0.0341. The van der Waals surface area contributed by atoms with E-state index in [0.717, 1.165) is 48.7 Å². The van der Waals surface area contributed by atoms with Crippen molar-refractivity contribution in [2.45, 2.75) is 74.7 Å². The molecule has 1 aromatic heterocycles. The fourth-order valence-electron chi connectivity index (χ4n) is 7.86. The zero-order valence-corrected chi connectivity index (χ0v) is 20.9. The van der Waals surface area contributed by atoms with Gasteiger partial charge in [-0.05, 0) is 81.7 Å². The highest BCUT2D eigenvalue weighted by Gasteiger charge is 2.73. The molecule has 0 radical (unpaired) electrons. The van der Waals surface area contributed by atoms with Crippen LogP contribution in [0.1, 0.15) is 54.6 Å². The van der Waals surface area contributed by atoms with Gasteiger partial charge in [0.25, 0.3) is 0 Å². The number of aryl methyl sites for hydroxylation is 1. The predicted molar refractivity (Wildman–Crippen MR) is 134 cm³/mol. The average Bonchev–Trinajstić information content (AvgIpc) is 3.47. The molecule has 3 fully saturated rings. The number of aromatic hydroxyl groups is 1. The first-order valence-corrected chi connectivity index (χ1v) is 13.3. The summed E-state index contributed by atoms with van der Waals surface area (Å²) in [6.07, 6.45) is 9.97. The van der Waals surface area contributed by atoms with E-state index in [9.17, 15) is 15.0 Å². The number of benzene rings is 1. The normalized spacial score (nSPS) is 34.5. The number of likely N-dealkylation sites (tertiary alicyclic amines) is 1. The lowest BCUT2D eigenvalue weighted by Gasteiger charge is -2.64. The van der Waals surface area contributed by atoms with E-state index in [2.05, 4.69) is 4.90 Å². The fraction of sp³-hybridized carbons (Fsp3) is 0.552. The van der Waals surface area contributed by atoms with Crippen LogP contribution in [0.4, 0.5) is 0 Å². The molecule has 7 nitrogen and oxygen atoms in total. The Morgan fingerprint density at radius 1 is 1.25 bits per heavy atom. The van der Waals surface area contributed by atoms with Crippen molar-refractivity contribution in [1.82, 2.24) is 9.80 Å². The van der Waals surface area contributed by atoms with Crippen LogP contribution in [0.5, 0.6) is 11.5 Å². The second-order valence-electron chi connectivity index (χ2n) is 11.6. The summed E-state index contributed by atoms with van der Waals surface area (Å²) in [6, 6.07) is 5.42. The second-order valence-corrected chi connectivity index (χ2v) is 11.6. The number of hydrogen-bond acceptors (Lipinski definition) is 6. The molecule has 2 bridgehead atoms. The number of furan rings is 1. The van der Waals surface area contributed by atoms with Gasteiger partial charge in [0.05, 0.1) is 23.3 Å². The number of phenolic OH excluding ortho intramolecular Hbond substituents is 1. The maximum atomic E-state index is 13.3. The largest absolute Gasteiger partial charge is 0.504 e. The van der Waals surface area contributed by atoms with Crippen molar-refractivity contribution in [2.75, 3.05) is 20.1 Å². The Morgan fingerprint density at radius 2 is 2.08 bits per heavy atom. The summed E-state index contributed by atoms with van der Waals surface area (Å²) in [4.78, 5) is 17.6. The van der Waals surface area contributed by atoms with Gasteiger partial charge in [-0.2, -0.15) is 0 Å². The van der Waals surface area contributed by atoms with Gasteiger partial charge in [-0.15, -0.1) is 0 Å². The molecule has 1 spiro atoms. The Balaban J connectivity index is 1.27. The van der Waals surface area contributed by atoms with Crippen LogP contribution < -0.4 is 4.74 Å². The Hall–Kier alpha value is -2.77. The highest BCUT2D eigenvalue weighted by Crippen LogP contribution is 2.66. The lowest BCUT2D eigenvalue weighted by molar-refractivity contribution is -0.200. The van der Waals surface area contributed by atoms with E-state index in [1.54, 1.807) is 29.4 Å². The minimum atomic E-state index is -0.943. The maximum absolute atomic E-state index is 13.3. The van der Waals surface area contributed by atoms with Crippen LogP contribution in [0.25, 0.3) is 6.08 Å². The summed E-state index contributed by atoms with van der Waals surface area (Å²) in [5.74, 6) is 2.06. The number of amides is 1. The van der Waals surface area contributed by atoms with Gasteiger partial charge < -0.3 is 24.3 Å². The minimum Gasteiger partial charge on any atom is -0.504 e. The number of ether oxygens (including phenoxy) is 1. The van der Waals surface area contributed by atoms with E-state index in [-0.39, 0.29) is 23.7 Å². The highest BCUT2D eigenvalue weighted by atomic mass is 16.5. The summed E-state index contributed by atoms with van der Waals surface area (Å²) in [5.41, 5.74) is 1.48. The van der Waals surface area contributed by atoms with E-state index in [1.807, 2.05) is 26.1 Å². The number of carbonyl (C=O) groups excluding carboxylic acids is 1. The lowest BCUT2D eigenvalue weighted by Crippen LogP contribution is -2.78. The van der Waals surface area contributed by atoms with E-state index in [1.165, 1.54) is 18.4 Å². The van der Waals surface area contributed by atoms with Gasteiger partial charge in [-0.1, -0.05) is 6.07 Å². The van der Waals surface area contributed by atoms with Crippen molar-refractivity contribution < 1.29 is 24.2 Å². The number of rotatable bonds is 5. The van der Waals surface area contributed by atoms with E-state index in [0.29, 0.717) is 18.6 Å². The molecule has 36 heavy (non-hydrogen) atoms. The number of likely N-dealkylation sites (N-methyl/N-ethyl adjacent to an activating group) is 1. The Morgan fingerprint density at radius 3 is 2.83 bits per heavy atom. The SMILES string of the molecule is Cc1occc1/C=C/C(=O)N(C)[C@@H]1CC[C@@]2(O)[C@H]3Cc4ccc(O)c5c4[C@@]2(CCN3CC2CC2)[C@H]1O5. The number of piperidine rings is 1. The quantitative estimate of drug-likeness (QED) is 0.625. The van der Waals surface area contributed by atoms with Crippen molar-refractivity contribution in [2.24, 2.45) is 5.92 Å². The number of aliphatic hydroxyl groups is 1. The molecule has 1 amide bonds. The standard InChI is InChI=1S/C29H34N2O5/c1-17-19(10-14-35-17)6-8-24(33)30(2)21-9-11-29(34)23-15-20-5-7-22(32)26-25(20)28(29,27(21)36-26)12-13-31(23)16-18-3-4-18/h5-8,10,14,18,21,23,27,32,34H,3-4,9,11-13,15-16H2,1-2H3/b8-6+/t21-,23-,27+,28+,29-/m1/s1. The molecule has 5 atom stereocenters. The van der Waals surface area contributed by atoms with E-state index in [4.69, 9.17) is 9.15 Å². The van der Waals surface area contributed by atoms with Crippen LogP contribution in [0.15, 0.2) is 35.0 Å². The summed E-state index contributed by atoms with van der Waals surface area (Å²) in [7, 11) is 1.83. The lowest BCUT2D eigenvalue weighted by atomic mass is 9.48. The second kappa shape index (κ2) is 7.62. The highest BCUT2D eigenvalue weighted by molar-refractivity contribution is 5.92.